The Balaban J connectivity index is 2.46. The Labute approximate surface area is 70.5 Å². The van der Waals surface area contributed by atoms with E-state index < -0.39 is 11.8 Å². The van der Waals surface area contributed by atoms with E-state index in [1.165, 1.54) is 6.08 Å². The smallest absolute Gasteiger partial charge is 0.248 e. The van der Waals surface area contributed by atoms with E-state index in [2.05, 4.69) is 6.58 Å². The summed E-state index contributed by atoms with van der Waals surface area (Å²) in [6, 6.07) is 0. The summed E-state index contributed by atoms with van der Waals surface area (Å²) in [5.74, 6) is -3.14. The Morgan fingerprint density at radius 1 is 1.67 bits per heavy atom. The Bertz CT molecular complexity index is 199. The molecule has 1 atom stereocenters. The molecule has 0 saturated heterocycles. The summed E-state index contributed by atoms with van der Waals surface area (Å²) in [6.45, 7) is 3.40. The second-order valence-corrected chi connectivity index (χ2v) is 3.25. The van der Waals surface area contributed by atoms with Crippen molar-refractivity contribution in [3.05, 3.63) is 12.7 Å². The molecule has 1 fully saturated rings. The maximum Gasteiger partial charge on any atom is 0.248 e. The van der Waals surface area contributed by atoms with E-state index in [1.54, 1.807) is 0 Å². The topological polar surface area (TPSA) is 17.1 Å². The predicted octanol–water partition coefficient (Wildman–Crippen LogP) is 2.57. The summed E-state index contributed by atoms with van der Waals surface area (Å²) in [4.78, 5) is 11.1. The zero-order valence-corrected chi connectivity index (χ0v) is 6.85. The molecule has 0 radical (unpaired) electrons. The third-order valence-electron chi connectivity index (χ3n) is 2.20. The van der Waals surface area contributed by atoms with E-state index in [9.17, 15) is 13.6 Å². The summed E-state index contributed by atoms with van der Waals surface area (Å²) in [7, 11) is 0. The van der Waals surface area contributed by atoms with Crippen molar-refractivity contribution in [3.63, 3.8) is 0 Å². The highest BCUT2D eigenvalue weighted by Gasteiger charge is 2.41. The van der Waals surface area contributed by atoms with Crippen molar-refractivity contribution in [3.8, 4) is 0 Å². The van der Waals surface area contributed by atoms with Gasteiger partial charge in [-0.3, -0.25) is 4.79 Å². The molecule has 1 aliphatic carbocycles. The van der Waals surface area contributed by atoms with Crippen LogP contribution in [-0.4, -0.2) is 11.7 Å². The number of hydrogen-bond donors (Lipinski definition) is 0. The number of ketones is 1. The van der Waals surface area contributed by atoms with E-state index in [0.717, 1.165) is 0 Å². The fourth-order valence-electron chi connectivity index (χ4n) is 1.53. The van der Waals surface area contributed by atoms with Gasteiger partial charge in [-0.1, -0.05) is 6.08 Å². The first-order valence-corrected chi connectivity index (χ1v) is 4.06. The number of alkyl halides is 2. The molecule has 1 rings (SSSR count). The van der Waals surface area contributed by atoms with Crippen LogP contribution in [0.25, 0.3) is 0 Å². The normalized spacial score (nSPS) is 27.0. The highest BCUT2D eigenvalue weighted by molar-refractivity contribution is 5.82. The molecule has 1 unspecified atom stereocenters. The molecule has 0 heterocycles. The predicted molar refractivity (Wildman–Crippen MR) is 42.1 cm³/mol. The molecule has 1 nitrogen and oxygen atoms in total. The van der Waals surface area contributed by atoms with Crippen molar-refractivity contribution in [2.24, 2.45) is 5.92 Å². The van der Waals surface area contributed by atoms with E-state index in [1.807, 2.05) is 0 Å². The molecular formula is C9H12F2O. The Morgan fingerprint density at radius 2 is 2.33 bits per heavy atom. The molecule has 12 heavy (non-hydrogen) atoms. The number of halogens is 2. The first kappa shape index (κ1) is 9.36. The molecule has 0 aromatic carbocycles. The lowest BCUT2D eigenvalue weighted by atomic mass is 10.0. The van der Waals surface area contributed by atoms with Gasteiger partial charge in [0, 0.05) is 25.2 Å². The average molecular weight is 174 g/mol. The van der Waals surface area contributed by atoms with Crippen LogP contribution >= 0.6 is 0 Å². The average Bonchev–Trinajstić information content (AvgIpc) is 2.31. The van der Waals surface area contributed by atoms with Gasteiger partial charge in [0.05, 0.1) is 0 Å². The highest BCUT2D eigenvalue weighted by atomic mass is 19.3. The lowest BCUT2D eigenvalue weighted by Gasteiger charge is -2.07. The van der Waals surface area contributed by atoms with Gasteiger partial charge in [0.1, 0.15) is 5.78 Å². The van der Waals surface area contributed by atoms with Crippen LogP contribution in [0, 0.1) is 5.92 Å². The van der Waals surface area contributed by atoms with Crippen LogP contribution in [0.5, 0.6) is 0 Å². The van der Waals surface area contributed by atoms with Crippen molar-refractivity contribution < 1.29 is 13.6 Å². The van der Waals surface area contributed by atoms with Gasteiger partial charge in [0.25, 0.3) is 0 Å². The monoisotopic (exact) mass is 174 g/mol. The van der Waals surface area contributed by atoms with Gasteiger partial charge in [-0.2, -0.15) is 0 Å². The zero-order chi connectivity index (χ0) is 9.19. The first-order chi connectivity index (χ1) is 5.55. The number of carbonyl (C=O) groups is 1. The molecule has 0 aromatic rings. The molecule has 1 saturated carbocycles. The molecule has 0 amide bonds. The number of Topliss-reactive ketones (excluding diaryl/α,β-unsaturated/α-hetero) is 1. The molecule has 0 aliphatic heterocycles. The maximum absolute atomic E-state index is 12.6. The molecule has 1 aliphatic rings. The van der Waals surface area contributed by atoms with E-state index in [-0.39, 0.29) is 25.0 Å². The van der Waals surface area contributed by atoms with Gasteiger partial charge in [0.2, 0.25) is 5.92 Å². The number of carbonyl (C=O) groups excluding carboxylic acids is 1. The van der Waals surface area contributed by atoms with Gasteiger partial charge >= 0.3 is 0 Å². The number of rotatable bonds is 3. The van der Waals surface area contributed by atoms with Crippen LogP contribution in [-0.2, 0) is 4.79 Å². The molecule has 68 valence electrons. The molecule has 0 bridgehead atoms. The fourth-order valence-corrected chi connectivity index (χ4v) is 1.53. The minimum atomic E-state index is -2.61. The summed E-state index contributed by atoms with van der Waals surface area (Å²) in [5, 5.41) is 0. The Kier molecular flexibility index (Phi) is 2.60. The van der Waals surface area contributed by atoms with Crippen molar-refractivity contribution >= 4 is 5.78 Å². The van der Waals surface area contributed by atoms with Crippen molar-refractivity contribution in [2.45, 2.75) is 31.6 Å². The fraction of sp³-hybridized carbons (Fsp3) is 0.667. The van der Waals surface area contributed by atoms with Gasteiger partial charge in [-0.25, -0.2) is 8.78 Å². The van der Waals surface area contributed by atoms with Crippen LogP contribution in [0.15, 0.2) is 12.7 Å². The van der Waals surface area contributed by atoms with E-state index in [0.29, 0.717) is 6.42 Å². The SMILES string of the molecule is C=CCC(=O)C1CCC(F)(F)C1. The standard InChI is InChI=1S/C9H12F2O/c1-2-3-8(12)7-4-5-9(10,11)6-7/h2,7H,1,3-6H2. The summed E-state index contributed by atoms with van der Waals surface area (Å²) >= 11 is 0. The van der Waals surface area contributed by atoms with Crippen molar-refractivity contribution in [2.75, 3.05) is 0 Å². The van der Waals surface area contributed by atoms with Crippen LogP contribution < -0.4 is 0 Å². The lowest BCUT2D eigenvalue weighted by molar-refractivity contribution is -0.122. The molecule has 0 N–H and O–H groups in total. The van der Waals surface area contributed by atoms with Gasteiger partial charge in [0.15, 0.2) is 0 Å². The van der Waals surface area contributed by atoms with Crippen LogP contribution in [0.1, 0.15) is 25.7 Å². The highest BCUT2D eigenvalue weighted by Crippen LogP contribution is 2.39. The van der Waals surface area contributed by atoms with Crippen molar-refractivity contribution in [1.82, 2.24) is 0 Å². The molecule has 0 spiro atoms. The number of allylic oxidation sites excluding steroid dienone is 1. The first-order valence-electron chi connectivity index (χ1n) is 4.06. The van der Waals surface area contributed by atoms with Crippen molar-refractivity contribution in [1.29, 1.82) is 0 Å². The van der Waals surface area contributed by atoms with E-state index in [4.69, 9.17) is 0 Å². The number of hydrogen-bond acceptors (Lipinski definition) is 1. The summed E-state index contributed by atoms with van der Waals surface area (Å²) in [6.07, 6.45) is 1.62. The second-order valence-electron chi connectivity index (χ2n) is 3.25. The summed E-state index contributed by atoms with van der Waals surface area (Å²) < 4.78 is 25.2. The van der Waals surface area contributed by atoms with Crippen LogP contribution in [0.4, 0.5) is 8.78 Å². The Morgan fingerprint density at radius 3 is 2.75 bits per heavy atom. The quantitative estimate of drug-likeness (QED) is 0.601. The van der Waals surface area contributed by atoms with Crippen LogP contribution in [0.2, 0.25) is 0 Å². The minimum Gasteiger partial charge on any atom is -0.299 e. The summed E-state index contributed by atoms with van der Waals surface area (Å²) in [5.41, 5.74) is 0. The van der Waals surface area contributed by atoms with E-state index >= 15 is 0 Å². The lowest BCUT2D eigenvalue weighted by Crippen LogP contribution is -2.14. The molecular weight excluding hydrogens is 162 g/mol. The minimum absolute atomic E-state index is 0.0952. The third kappa shape index (κ3) is 2.13. The largest absolute Gasteiger partial charge is 0.299 e. The van der Waals surface area contributed by atoms with Gasteiger partial charge in [-0.15, -0.1) is 6.58 Å². The zero-order valence-electron chi connectivity index (χ0n) is 6.85. The Hall–Kier alpha value is -0.730. The van der Waals surface area contributed by atoms with Gasteiger partial charge in [-0.05, 0) is 6.42 Å². The third-order valence-corrected chi connectivity index (χ3v) is 2.20. The van der Waals surface area contributed by atoms with Gasteiger partial charge < -0.3 is 0 Å². The van der Waals surface area contributed by atoms with Crippen LogP contribution in [0.3, 0.4) is 0 Å². The molecule has 0 aromatic heterocycles. The maximum atomic E-state index is 12.6. The molecule has 3 heteroatoms. The second kappa shape index (κ2) is 3.33.